The molecule has 1 aliphatic rings. The van der Waals surface area contributed by atoms with Crippen molar-refractivity contribution in [1.29, 1.82) is 0 Å². The molecule has 1 aliphatic heterocycles. The Kier molecular flexibility index (Phi) is 7.30. The molecule has 0 spiro atoms. The van der Waals surface area contributed by atoms with Crippen LogP contribution in [0.4, 0.5) is 32.4 Å². The summed E-state index contributed by atoms with van der Waals surface area (Å²) >= 11 is 0. The van der Waals surface area contributed by atoms with Crippen LogP contribution in [-0.2, 0) is 14.6 Å². The van der Waals surface area contributed by atoms with Crippen molar-refractivity contribution in [3.8, 4) is 0 Å². The predicted octanol–water partition coefficient (Wildman–Crippen LogP) is 6.76. The monoisotopic (exact) mass is 654 g/mol. The maximum atomic E-state index is 14.7. The van der Waals surface area contributed by atoms with Crippen LogP contribution in [0.5, 0.6) is 0 Å². The standard InChI is InChI=1S/C32H23F5N4O4S/c1-17(23-11-13-38-27-9-3-19(33)15-25(23)27)31(18(2)24-12-14-39-28-10-4-20(34)16-26(24)28)29(42)41(30(43)40-31)21-5-7-22(8-6-21)46(44,45)32(35,36)37/h3-18H,1-2H3,(H,40,43). The van der Waals surface area contributed by atoms with E-state index >= 15 is 0 Å². The molecule has 3 aromatic carbocycles. The number of benzene rings is 3. The number of rotatable bonds is 6. The van der Waals surface area contributed by atoms with Crippen LogP contribution in [0.1, 0.15) is 36.8 Å². The average Bonchev–Trinajstić information content (AvgIpc) is 3.29. The first-order chi connectivity index (χ1) is 21.7. The van der Waals surface area contributed by atoms with Gasteiger partial charge in [0.05, 0.1) is 21.6 Å². The third-order valence-corrected chi connectivity index (χ3v) is 10.1. The van der Waals surface area contributed by atoms with Gasteiger partial charge in [-0.15, -0.1) is 0 Å². The lowest BCUT2D eigenvalue weighted by atomic mass is 9.68. The summed E-state index contributed by atoms with van der Waals surface area (Å²) in [7, 11) is -5.69. The molecule has 5 aromatic rings. The molecule has 236 valence electrons. The van der Waals surface area contributed by atoms with E-state index in [-0.39, 0.29) is 5.69 Å². The van der Waals surface area contributed by atoms with Crippen LogP contribution >= 0.6 is 0 Å². The number of alkyl halides is 3. The number of pyridine rings is 2. The Morgan fingerprint density at radius 1 is 0.761 bits per heavy atom. The second kappa shape index (κ2) is 10.8. The van der Waals surface area contributed by atoms with Gasteiger partial charge in [0.15, 0.2) is 0 Å². The van der Waals surface area contributed by atoms with Gasteiger partial charge < -0.3 is 5.32 Å². The molecule has 0 bridgehead atoms. The van der Waals surface area contributed by atoms with Crippen LogP contribution in [0, 0.1) is 11.6 Å². The molecule has 1 N–H and O–H groups in total. The van der Waals surface area contributed by atoms with E-state index in [1.165, 1.54) is 48.8 Å². The van der Waals surface area contributed by atoms with E-state index in [1.54, 1.807) is 26.0 Å². The van der Waals surface area contributed by atoms with E-state index in [2.05, 4.69) is 15.3 Å². The molecule has 2 atom stereocenters. The number of anilines is 1. The zero-order valence-corrected chi connectivity index (χ0v) is 24.8. The second-order valence-electron chi connectivity index (χ2n) is 10.9. The number of halogens is 5. The zero-order chi connectivity index (χ0) is 33.2. The fraction of sp³-hybridized carbons (Fsp3) is 0.188. The normalized spacial score (nSPS) is 18.6. The van der Waals surface area contributed by atoms with E-state index in [4.69, 9.17) is 0 Å². The van der Waals surface area contributed by atoms with Crippen LogP contribution in [0.3, 0.4) is 0 Å². The van der Waals surface area contributed by atoms with Crippen molar-refractivity contribution in [1.82, 2.24) is 15.3 Å². The molecular weight excluding hydrogens is 631 g/mol. The molecule has 1 saturated heterocycles. The largest absolute Gasteiger partial charge is 0.501 e. The number of sulfone groups is 1. The van der Waals surface area contributed by atoms with Crippen molar-refractivity contribution in [2.75, 3.05) is 4.90 Å². The smallest absolute Gasteiger partial charge is 0.322 e. The van der Waals surface area contributed by atoms with Crippen LogP contribution in [0.2, 0.25) is 0 Å². The number of hydrogen-bond donors (Lipinski definition) is 1. The molecule has 14 heteroatoms. The van der Waals surface area contributed by atoms with Gasteiger partial charge in [0.1, 0.15) is 17.2 Å². The first kappa shape index (κ1) is 31.0. The number of fused-ring (bicyclic) bond motifs is 2. The molecule has 8 nitrogen and oxygen atoms in total. The van der Waals surface area contributed by atoms with E-state index in [1.807, 2.05) is 0 Å². The fourth-order valence-corrected chi connectivity index (χ4v) is 6.95. The van der Waals surface area contributed by atoms with E-state index in [9.17, 15) is 40.0 Å². The van der Waals surface area contributed by atoms with E-state index in [0.29, 0.717) is 50.0 Å². The van der Waals surface area contributed by atoms with Crippen molar-refractivity contribution < 1.29 is 40.0 Å². The number of hydrogen-bond acceptors (Lipinski definition) is 6. The van der Waals surface area contributed by atoms with Gasteiger partial charge in [0.25, 0.3) is 15.7 Å². The third kappa shape index (κ3) is 4.75. The summed E-state index contributed by atoms with van der Waals surface area (Å²) in [5.74, 6) is -3.77. The highest BCUT2D eigenvalue weighted by Gasteiger charge is 2.59. The Morgan fingerprint density at radius 2 is 1.24 bits per heavy atom. The first-order valence-corrected chi connectivity index (χ1v) is 15.3. The summed E-state index contributed by atoms with van der Waals surface area (Å²) in [6, 6.07) is 13.3. The zero-order valence-electron chi connectivity index (χ0n) is 24.0. The maximum absolute atomic E-state index is 14.7. The van der Waals surface area contributed by atoms with Gasteiger partial charge in [-0.1, -0.05) is 13.8 Å². The SMILES string of the molecule is CC(c1ccnc2ccc(F)cc12)C1(C(C)c2ccnc3ccc(F)cc23)NC(=O)N(c2ccc(S(=O)(=O)C(F)(F)F)cc2)C1=O. The highest BCUT2D eigenvalue weighted by molar-refractivity contribution is 7.92. The van der Waals surface area contributed by atoms with Crippen LogP contribution in [-0.4, -0.2) is 41.4 Å². The minimum Gasteiger partial charge on any atom is -0.322 e. The Hall–Kier alpha value is -4.98. The van der Waals surface area contributed by atoms with Gasteiger partial charge in [-0.2, -0.15) is 13.2 Å². The summed E-state index contributed by atoms with van der Waals surface area (Å²) in [5, 5.41) is 3.54. The lowest BCUT2D eigenvalue weighted by Crippen LogP contribution is -2.55. The second-order valence-corrected chi connectivity index (χ2v) is 12.9. The molecule has 6 rings (SSSR count). The summed E-state index contributed by atoms with van der Waals surface area (Å²) in [5.41, 5.74) is -5.86. The lowest BCUT2D eigenvalue weighted by Gasteiger charge is -2.39. The highest BCUT2D eigenvalue weighted by Crippen LogP contribution is 2.47. The lowest BCUT2D eigenvalue weighted by molar-refractivity contribution is -0.123. The summed E-state index contributed by atoms with van der Waals surface area (Å²) in [6.45, 7) is 3.31. The average molecular weight is 655 g/mol. The topological polar surface area (TPSA) is 109 Å². The molecule has 3 heterocycles. The Balaban J connectivity index is 1.54. The van der Waals surface area contributed by atoms with Crippen molar-refractivity contribution in [2.45, 2.75) is 41.6 Å². The molecule has 3 amide bonds. The number of carbonyl (C=O) groups excluding carboxylic acids is 2. The molecule has 0 radical (unpaired) electrons. The van der Waals surface area contributed by atoms with Crippen molar-refractivity contribution in [3.63, 3.8) is 0 Å². The molecule has 1 fully saturated rings. The molecule has 46 heavy (non-hydrogen) atoms. The third-order valence-electron chi connectivity index (χ3n) is 8.56. The number of imide groups is 1. The predicted molar refractivity (Wildman–Crippen MR) is 159 cm³/mol. The summed E-state index contributed by atoms with van der Waals surface area (Å²) in [6.07, 6.45) is 2.95. The van der Waals surface area contributed by atoms with Gasteiger partial charge in [0.2, 0.25) is 0 Å². The van der Waals surface area contributed by atoms with Crippen molar-refractivity contribution in [3.05, 3.63) is 108 Å². The first-order valence-electron chi connectivity index (χ1n) is 13.8. The van der Waals surface area contributed by atoms with Crippen molar-refractivity contribution >= 4 is 49.3 Å². The Morgan fingerprint density at radius 3 is 1.70 bits per heavy atom. The van der Waals surface area contributed by atoms with Crippen LogP contribution in [0.15, 0.2) is 90.1 Å². The summed E-state index contributed by atoms with van der Waals surface area (Å²) in [4.78, 5) is 36.6. The number of nitrogens with one attached hydrogen (secondary N) is 1. The van der Waals surface area contributed by atoms with Gasteiger partial charge in [-0.25, -0.2) is 26.9 Å². The minimum absolute atomic E-state index is 0.193. The molecule has 0 aliphatic carbocycles. The Bertz CT molecular complexity index is 2070. The number of amides is 3. The Labute approximate surface area is 258 Å². The maximum Gasteiger partial charge on any atom is 0.501 e. The number of nitrogens with zero attached hydrogens (tertiary/aromatic N) is 3. The van der Waals surface area contributed by atoms with E-state index < -0.39 is 61.2 Å². The quantitative estimate of drug-likeness (QED) is 0.160. The van der Waals surface area contributed by atoms with Gasteiger partial charge in [-0.05, 0) is 83.9 Å². The molecular formula is C32H23F5N4O4S. The number of urea groups is 1. The fourth-order valence-electron chi connectivity index (χ4n) is 6.19. The molecule has 2 unspecified atom stereocenters. The number of aromatic nitrogens is 2. The van der Waals surface area contributed by atoms with Crippen LogP contribution in [0.25, 0.3) is 21.8 Å². The molecule has 0 saturated carbocycles. The molecule has 2 aromatic heterocycles. The minimum atomic E-state index is -5.69. The van der Waals surface area contributed by atoms with Crippen LogP contribution < -0.4 is 10.2 Å². The van der Waals surface area contributed by atoms with Gasteiger partial charge in [-0.3, -0.25) is 14.8 Å². The van der Waals surface area contributed by atoms with Gasteiger partial charge in [0, 0.05) is 35.0 Å². The van der Waals surface area contributed by atoms with Gasteiger partial charge >= 0.3 is 11.5 Å². The summed E-state index contributed by atoms with van der Waals surface area (Å²) < 4.78 is 92.2. The highest BCUT2D eigenvalue weighted by atomic mass is 32.2. The van der Waals surface area contributed by atoms with Crippen molar-refractivity contribution in [2.24, 2.45) is 0 Å². The van der Waals surface area contributed by atoms with E-state index in [0.717, 1.165) is 12.1 Å². The number of carbonyl (C=O) groups is 2.